The summed E-state index contributed by atoms with van der Waals surface area (Å²) in [6.07, 6.45) is -0.694. The summed E-state index contributed by atoms with van der Waals surface area (Å²) < 4.78 is 10.3. The van der Waals surface area contributed by atoms with Gasteiger partial charge in [-0.15, -0.1) is 0 Å². The third-order valence-corrected chi connectivity index (χ3v) is 6.99. The van der Waals surface area contributed by atoms with Gasteiger partial charge in [0.25, 0.3) is 5.91 Å². The lowest BCUT2D eigenvalue weighted by Crippen LogP contribution is -2.11. The van der Waals surface area contributed by atoms with Crippen LogP contribution in [0.1, 0.15) is 15.9 Å². The molecule has 4 aromatic rings. The van der Waals surface area contributed by atoms with E-state index in [0.717, 1.165) is 21.5 Å². The minimum atomic E-state index is -0.694. The van der Waals surface area contributed by atoms with E-state index in [1.54, 1.807) is 33.7 Å². The predicted octanol–water partition coefficient (Wildman–Crippen LogP) is 5.42. The van der Waals surface area contributed by atoms with Gasteiger partial charge in [0.2, 0.25) is 0 Å². The molecule has 0 spiro atoms. The monoisotopic (exact) mass is 479 g/mol. The summed E-state index contributed by atoms with van der Waals surface area (Å²) in [6, 6.07) is 22.7. The quantitative estimate of drug-likeness (QED) is 0.187. The van der Waals surface area contributed by atoms with Gasteiger partial charge in [0.05, 0.1) is 11.1 Å². The van der Waals surface area contributed by atoms with Crippen molar-refractivity contribution < 1.29 is 19.1 Å². The maximum atomic E-state index is 11.8. The van der Waals surface area contributed by atoms with Crippen molar-refractivity contribution in [2.24, 2.45) is 5.73 Å². The van der Waals surface area contributed by atoms with E-state index in [9.17, 15) is 9.59 Å². The first-order valence-electron chi connectivity index (χ1n) is 10.1. The largest absolute Gasteiger partial charge is 0.508 e. The van der Waals surface area contributed by atoms with Gasteiger partial charge in [-0.3, -0.25) is 4.79 Å². The van der Waals surface area contributed by atoms with Crippen LogP contribution in [0.3, 0.4) is 0 Å². The number of benzene rings is 3. The molecule has 0 aliphatic carbocycles. The molecule has 0 saturated carbocycles. The van der Waals surface area contributed by atoms with E-state index in [1.165, 1.54) is 0 Å². The average molecular weight is 480 g/mol. The molecular weight excluding hydrogens is 458 g/mol. The number of hydrogen-bond donors (Lipinski definition) is 2. The number of primary amides is 1. The fourth-order valence-electron chi connectivity index (χ4n) is 3.06. The van der Waals surface area contributed by atoms with E-state index in [2.05, 4.69) is 9.97 Å². The molecule has 1 heterocycles. The Hall–Kier alpha value is -3.43. The first-order valence-corrected chi connectivity index (χ1v) is 12.4. The number of aromatic amines is 1. The molecule has 1 amide bonds. The Morgan fingerprint density at radius 3 is 2.48 bits per heavy atom. The van der Waals surface area contributed by atoms with E-state index in [4.69, 9.17) is 15.2 Å². The Balaban J connectivity index is 1.24. The number of carbonyl (C=O) groups is 2. The van der Waals surface area contributed by atoms with Gasteiger partial charge >= 0.3 is 6.16 Å². The van der Waals surface area contributed by atoms with Crippen LogP contribution in [-0.2, 0) is 16.1 Å². The highest BCUT2D eigenvalue weighted by Crippen LogP contribution is 2.30. The smallest absolute Gasteiger partial charge is 0.433 e. The molecule has 1 aromatic heterocycles. The number of hydrogen-bond acceptors (Lipinski definition) is 7. The zero-order valence-electron chi connectivity index (χ0n) is 17.5. The van der Waals surface area contributed by atoms with Gasteiger partial charge in [-0.1, -0.05) is 70.1 Å². The van der Waals surface area contributed by atoms with Crippen LogP contribution in [0.2, 0.25) is 0 Å². The number of para-hydroxylation sites is 1. The van der Waals surface area contributed by atoms with Crippen molar-refractivity contribution >= 4 is 44.7 Å². The molecule has 0 aliphatic heterocycles. The van der Waals surface area contributed by atoms with Crippen LogP contribution in [-0.4, -0.2) is 34.4 Å². The average Bonchev–Trinajstić information content (AvgIpc) is 3.28. The van der Waals surface area contributed by atoms with Gasteiger partial charge in [0.1, 0.15) is 24.6 Å². The van der Waals surface area contributed by atoms with E-state index >= 15 is 0 Å². The standard InChI is InChI=1S/C24H21N3O4S2/c25-22(28)19-7-4-8-20-21(19)27-23(26-20)17-11-9-16(10-12-17)15-31-24(29)30-13-14-32-33-18-5-2-1-3-6-18/h1-12H,13-15H2,(H2,25,28)(H,26,27). The molecule has 0 fully saturated rings. The van der Waals surface area contributed by atoms with Gasteiger partial charge < -0.3 is 20.2 Å². The van der Waals surface area contributed by atoms with Crippen molar-refractivity contribution in [3.63, 3.8) is 0 Å². The zero-order chi connectivity index (χ0) is 23.0. The normalized spacial score (nSPS) is 10.8. The van der Waals surface area contributed by atoms with Crippen molar-refractivity contribution in [3.05, 3.63) is 83.9 Å². The molecule has 0 atom stereocenters. The van der Waals surface area contributed by atoms with Crippen LogP contribution in [0.15, 0.2) is 77.7 Å². The minimum absolute atomic E-state index is 0.108. The van der Waals surface area contributed by atoms with Gasteiger partial charge in [0, 0.05) is 16.2 Å². The van der Waals surface area contributed by atoms with Crippen molar-refractivity contribution in [2.75, 3.05) is 12.4 Å². The lowest BCUT2D eigenvalue weighted by molar-refractivity contribution is 0.0543. The van der Waals surface area contributed by atoms with Crippen LogP contribution in [0.4, 0.5) is 4.79 Å². The van der Waals surface area contributed by atoms with Crippen molar-refractivity contribution in [1.29, 1.82) is 0 Å². The summed E-state index contributed by atoms with van der Waals surface area (Å²) in [4.78, 5) is 32.3. The van der Waals surface area contributed by atoms with Gasteiger partial charge in [-0.2, -0.15) is 0 Å². The number of carbonyl (C=O) groups excluding carboxylic acids is 2. The Labute approximate surface area is 198 Å². The molecule has 0 bridgehead atoms. The van der Waals surface area contributed by atoms with Crippen LogP contribution >= 0.6 is 21.6 Å². The van der Waals surface area contributed by atoms with Crippen LogP contribution < -0.4 is 5.73 Å². The molecule has 0 saturated heterocycles. The number of nitrogens with zero attached hydrogens (tertiary/aromatic N) is 1. The van der Waals surface area contributed by atoms with E-state index in [1.807, 2.05) is 60.7 Å². The second-order valence-electron chi connectivity index (χ2n) is 6.95. The summed E-state index contributed by atoms with van der Waals surface area (Å²) in [5, 5.41) is 0. The number of nitrogens with one attached hydrogen (secondary N) is 1. The Kier molecular flexibility index (Phi) is 7.54. The number of rotatable bonds is 9. The number of nitrogens with two attached hydrogens (primary N) is 1. The Bertz CT molecular complexity index is 1240. The number of imidazole rings is 1. The topological polar surface area (TPSA) is 107 Å². The Morgan fingerprint density at radius 2 is 1.73 bits per heavy atom. The molecule has 4 rings (SSSR count). The molecule has 168 valence electrons. The van der Waals surface area contributed by atoms with E-state index in [0.29, 0.717) is 22.7 Å². The van der Waals surface area contributed by atoms with Crippen LogP contribution in [0.5, 0.6) is 0 Å². The summed E-state index contributed by atoms with van der Waals surface area (Å²) in [5.41, 5.74) is 8.72. The lowest BCUT2D eigenvalue weighted by atomic mass is 10.1. The molecule has 3 aromatic carbocycles. The van der Waals surface area contributed by atoms with Crippen molar-refractivity contribution in [3.8, 4) is 11.4 Å². The maximum absolute atomic E-state index is 11.8. The van der Waals surface area contributed by atoms with Gasteiger partial charge in [0.15, 0.2) is 0 Å². The second-order valence-corrected chi connectivity index (χ2v) is 9.44. The highest BCUT2D eigenvalue weighted by molar-refractivity contribution is 8.76. The SMILES string of the molecule is NC(=O)c1cccc2[nH]c(-c3ccc(COC(=O)OCCSSc4ccccc4)cc3)nc12. The zero-order valence-corrected chi connectivity index (χ0v) is 19.2. The fourth-order valence-corrected chi connectivity index (χ4v) is 4.89. The molecule has 7 nitrogen and oxygen atoms in total. The first kappa shape index (κ1) is 22.8. The molecule has 0 unspecified atom stereocenters. The fraction of sp³-hybridized carbons (Fsp3) is 0.125. The molecule has 0 aliphatic rings. The maximum Gasteiger partial charge on any atom is 0.508 e. The minimum Gasteiger partial charge on any atom is -0.433 e. The summed E-state index contributed by atoms with van der Waals surface area (Å²) >= 11 is 0. The third kappa shape index (κ3) is 6.09. The molecule has 0 radical (unpaired) electrons. The lowest BCUT2D eigenvalue weighted by Gasteiger charge is -2.07. The third-order valence-electron chi connectivity index (χ3n) is 4.65. The number of ether oxygens (including phenoxy) is 2. The molecule has 33 heavy (non-hydrogen) atoms. The second kappa shape index (κ2) is 10.9. The summed E-state index contributed by atoms with van der Waals surface area (Å²) in [6.45, 7) is 0.387. The Morgan fingerprint density at radius 1 is 0.939 bits per heavy atom. The van der Waals surface area contributed by atoms with Crippen molar-refractivity contribution in [2.45, 2.75) is 11.5 Å². The van der Waals surface area contributed by atoms with Gasteiger partial charge in [-0.05, 0) is 29.8 Å². The molecule has 9 heteroatoms. The number of fused-ring (bicyclic) bond motifs is 1. The van der Waals surface area contributed by atoms with Crippen molar-refractivity contribution in [1.82, 2.24) is 9.97 Å². The number of aromatic nitrogens is 2. The van der Waals surface area contributed by atoms with E-state index < -0.39 is 12.1 Å². The molecule has 3 N–H and O–H groups in total. The summed E-state index contributed by atoms with van der Waals surface area (Å²) in [5.74, 6) is 0.765. The van der Waals surface area contributed by atoms with Gasteiger partial charge in [-0.25, -0.2) is 9.78 Å². The van der Waals surface area contributed by atoms with Crippen LogP contribution in [0, 0.1) is 0 Å². The number of amides is 1. The van der Waals surface area contributed by atoms with E-state index in [-0.39, 0.29) is 13.2 Å². The predicted molar refractivity (Wildman–Crippen MR) is 131 cm³/mol. The number of H-pyrrole nitrogens is 1. The highest BCUT2D eigenvalue weighted by Gasteiger charge is 2.12. The first-order chi connectivity index (χ1) is 16.1. The molecular formula is C24H21N3O4S2. The van der Waals surface area contributed by atoms with Crippen LogP contribution in [0.25, 0.3) is 22.4 Å². The highest BCUT2D eigenvalue weighted by atomic mass is 33.1. The summed E-state index contributed by atoms with van der Waals surface area (Å²) in [7, 11) is 3.25.